The molecule has 20 heavy (non-hydrogen) atoms. The van der Waals surface area contributed by atoms with Crippen LogP contribution in [0, 0.1) is 5.92 Å². The minimum absolute atomic E-state index is 0.150. The van der Waals surface area contributed by atoms with Crippen molar-refractivity contribution in [2.24, 2.45) is 5.92 Å². The monoisotopic (exact) mass is 278 g/mol. The summed E-state index contributed by atoms with van der Waals surface area (Å²) in [7, 11) is 0. The van der Waals surface area contributed by atoms with Gasteiger partial charge in [0, 0.05) is 0 Å². The Labute approximate surface area is 121 Å². The van der Waals surface area contributed by atoms with Crippen molar-refractivity contribution in [3.63, 3.8) is 0 Å². The fourth-order valence-electron chi connectivity index (χ4n) is 2.90. The molecule has 0 radical (unpaired) electrons. The molecule has 0 heterocycles. The van der Waals surface area contributed by atoms with Crippen LogP contribution in [0.15, 0.2) is 24.3 Å². The maximum atomic E-state index is 10.1. The minimum Gasteiger partial charge on any atom is -0.490 e. The van der Waals surface area contributed by atoms with E-state index in [4.69, 9.17) is 9.47 Å². The van der Waals surface area contributed by atoms with Crippen LogP contribution in [0.25, 0.3) is 0 Å². The highest BCUT2D eigenvalue weighted by Crippen LogP contribution is 2.30. The van der Waals surface area contributed by atoms with Gasteiger partial charge in [-0.2, -0.15) is 0 Å². The Morgan fingerprint density at radius 1 is 1.15 bits per heavy atom. The normalized spacial score (nSPS) is 17.1. The van der Waals surface area contributed by atoms with E-state index >= 15 is 0 Å². The van der Waals surface area contributed by atoms with Crippen molar-refractivity contribution in [2.75, 3.05) is 13.2 Å². The largest absolute Gasteiger partial charge is 0.490 e. The Hall–Kier alpha value is -1.22. The van der Waals surface area contributed by atoms with E-state index in [0.717, 1.165) is 24.3 Å². The van der Waals surface area contributed by atoms with E-state index < -0.39 is 0 Å². The zero-order valence-corrected chi connectivity index (χ0v) is 12.4. The van der Waals surface area contributed by atoms with Crippen LogP contribution in [0.5, 0.6) is 11.5 Å². The maximum absolute atomic E-state index is 10.1. The first-order valence-electron chi connectivity index (χ1n) is 7.84. The smallest absolute Gasteiger partial charge is 0.161 e. The van der Waals surface area contributed by atoms with E-state index in [1.165, 1.54) is 25.7 Å². The highest BCUT2D eigenvalue weighted by Gasteiger charge is 2.22. The zero-order valence-electron chi connectivity index (χ0n) is 12.4. The molecule has 0 aliphatic heterocycles. The average Bonchev–Trinajstić information content (AvgIpc) is 2.99. The number of hydrogen-bond acceptors (Lipinski definition) is 3. The van der Waals surface area contributed by atoms with Crippen molar-refractivity contribution in [2.45, 2.75) is 51.6 Å². The van der Waals surface area contributed by atoms with Gasteiger partial charge >= 0.3 is 0 Å². The molecular weight excluding hydrogens is 252 g/mol. The molecule has 1 aliphatic rings. The molecule has 1 N–H and O–H groups in total. The Kier molecular flexibility index (Phi) is 6.19. The molecule has 3 nitrogen and oxygen atoms in total. The quantitative estimate of drug-likeness (QED) is 0.735. The van der Waals surface area contributed by atoms with Crippen molar-refractivity contribution in [3.8, 4) is 11.5 Å². The molecule has 1 aromatic rings. The van der Waals surface area contributed by atoms with Crippen molar-refractivity contribution < 1.29 is 14.6 Å². The molecule has 1 saturated carbocycles. The van der Waals surface area contributed by atoms with Gasteiger partial charge in [-0.05, 0) is 50.7 Å². The van der Waals surface area contributed by atoms with Crippen molar-refractivity contribution in [3.05, 3.63) is 24.3 Å². The summed E-state index contributed by atoms with van der Waals surface area (Å²) in [6.07, 6.45) is 6.51. The molecule has 0 aromatic heterocycles. The number of aliphatic hydroxyl groups is 1. The Bertz CT molecular complexity index is 386. The lowest BCUT2D eigenvalue weighted by Gasteiger charge is -2.17. The summed E-state index contributed by atoms with van der Waals surface area (Å²) in [5.74, 6) is 2.11. The van der Waals surface area contributed by atoms with Gasteiger partial charge in [-0.15, -0.1) is 0 Å². The number of benzene rings is 1. The minimum atomic E-state index is -0.150. The summed E-state index contributed by atoms with van der Waals surface area (Å²) < 4.78 is 11.3. The molecule has 1 fully saturated rings. The van der Waals surface area contributed by atoms with Gasteiger partial charge in [-0.3, -0.25) is 0 Å². The average molecular weight is 278 g/mol. The van der Waals surface area contributed by atoms with Crippen LogP contribution < -0.4 is 9.47 Å². The number of para-hydroxylation sites is 2. The molecule has 1 unspecified atom stereocenters. The molecule has 112 valence electrons. The molecular formula is C17H26O3. The van der Waals surface area contributed by atoms with Crippen LogP contribution in [0.4, 0.5) is 0 Å². The van der Waals surface area contributed by atoms with E-state index in [9.17, 15) is 5.11 Å². The van der Waals surface area contributed by atoms with Gasteiger partial charge in [0.1, 0.15) is 0 Å². The number of rotatable bonds is 8. The lowest BCUT2D eigenvalue weighted by Crippen LogP contribution is -2.18. The first kappa shape index (κ1) is 15.2. The van der Waals surface area contributed by atoms with Crippen LogP contribution in [-0.2, 0) is 0 Å². The standard InChI is InChI=1S/C17H26O3/c1-2-19-16-11-5-6-12-17(16)20-13-7-10-15(18)14-8-3-4-9-14/h5-6,11-12,14-15,18H,2-4,7-10,13H2,1H3. The Morgan fingerprint density at radius 2 is 1.80 bits per heavy atom. The SMILES string of the molecule is CCOc1ccccc1OCCCC(O)C1CCCC1. The molecule has 0 spiro atoms. The second kappa shape index (κ2) is 8.15. The van der Waals surface area contributed by atoms with Gasteiger partial charge in [0.15, 0.2) is 11.5 Å². The van der Waals surface area contributed by atoms with Gasteiger partial charge in [-0.25, -0.2) is 0 Å². The summed E-state index contributed by atoms with van der Waals surface area (Å²) in [6.45, 7) is 3.24. The van der Waals surface area contributed by atoms with Crippen LogP contribution >= 0.6 is 0 Å². The predicted octanol–water partition coefficient (Wildman–Crippen LogP) is 3.80. The highest BCUT2D eigenvalue weighted by atomic mass is 16.5. The van der Waals surface area contributed by atoms with Crippen molar-refractivity contribution in [1.29, 1.82) is 0 Å². The molecule has 2 rings (SSSR count). The predicted molar refractivity (Wildman–Crippen MR) is 80.3 cm³/mol. The first-order valence-corrected chi connectivity index (χ1v) is 7.84. The molecule has 0 saturated heterocycles. The summed E-state index contributed by atoms with van der Waals surface area (Å²) in [6, 6.07) is 7.75. The second-order valence-corrected chi connectivity index (χ2v) is 5.48. The summed E-state index contributed by atoms with van der Waals surface area (Å²) in [4.78, 5) is 0. The number of aliphatic hydroxyl groups excluding tert-OH is 1. The van der Waals surface area contributed by atoms with E-state index in [2.05, 4.69) is 0 Å². The maximum Gasteiger partial charge on any atom is 0.161 e. The van der Waals surface area contributed by atoms with Crippen LogP contribution in [0.3, 0.4) is 0 Å². The Morgan fingerprint density at radius 3 is 2.45 bits per heavy atom. The summed E-state index contributed by atoms with van der Waals surface area (Å²) in [5, 5.41) is 10.1. The summed E-state index contributed by atoms with van der Waals surface area (Å²) in [5.41, 5.74) is 0. The molecule has 1 aromatic carbocycles. The van der Waals surface area contributed by atoms with E-state index in [1.54, 1.807) is 0 Å². The van der Waals surface area contributed by atoms with Crippen LogP contribution in [0.2, 0.25) is 0 Å². The highest BCUT2D eigenvalue weighted by molar-refractivity contribution is 5.39. The Balaban J connectivity index is 1.70. The molecule has 0 amide bonds. The molecule has 3 heteroatoms. The van der Waals surface area contributed by atoms with Crippen molar-refractivity contribution in [1.82, 2.24) is 0 Å². The number of ether oxygens (including phenoxy) is 2. The topological polar surface area (TPSA) is 38.7 Å². The third kappa shape index (κ3) is 4.41. The van der Waals surface area contributed by atoms with E-state index in [0.29, 0.717) is 19.1 Å². The third-order valence-electron chi connectivity index (χ3n) is 3.99. The lowest BCUT2D eigenvalue weighted by molar-refractivity contribution is 0.0943. The zero-order chi connectivity index (χ0) is 14.2. The fraction of sp³-hybridized carbons (Fsp3) is 0.647. The van der Waals surface area contributed by atoms with E-state index in [1.807, 2.05) is 31.2 Å². The first-order chi connectivity index (χ1) is 9.81. The second-order valence-electron chi connectivity index (χ2n) is 5.48. The summed E-state index contributed by atoms with van der Waals surface area (Å²) >= 11 is 0. The molecule has 1 aliphatic carbocycles. The van der Waals surface area contributed by atoms with Gasteiger partial charge in [0.25, 0.3) is 0 Å². The van der Waals surface area contributed by atoms with Crippen LogP contribution in [-0.4, -0.2) is 24.4 Å². The van der Waals surface area contributed by atoms with Gasteiger partial charge in [-0.1, -0.05) is 25.0 Å². The third-order valence-corrected chi connectivity index (χ3v) is 3.99. The number of hydrogen-bond donors (Lipinski definition) is 1. The van der Waals surface area contributed by atoms with Gasteiger partial charge in [0.2, 0.25) is 0 Å². The molecule has 0 bridgehead atoms. The fourth-order valence-corrected chi connectivity index (χ4v) is 2.90. The molecule has 1 atom stereocenters. The lowest BCUT2D eigenvalue weighted by atomic mass is 9.97. The van der Waals surface area contributed by atoms with E-state index in [-0.39, 0.29) is 6.10 Å². The van der Waals surface area contributed by atoms with Crippen LogP contribution in [0.1, 0.15) is 45.4 Å². The van der Waals surface area contributed by atoms with Crippen molar-refractivity contribution >= 4 is 0 Å². The van der Waals surface area contributed by atoms with Gasteiger partial charge < -0.3 is 14.6 Å². The van der Waals surface area contributed by atoms with Gasteiger partial charge in [0.05, 0.1) is 19.3 Å².